The van der Waals surface area contributed by atoms with Crippen molar-refractivity contribution < 1.29 is 0 Å². The van der Waals surface area contributed by atoms with Crippen LogP contribution in [-0.2, 0) is 0 Å². The van der Waals surface area contributed by atoms with Crippen LogP contribution in [0.5, 0.6) is 0 Å². The van der Waals surface area contributed by atoms with Gasteiger partial charge in [0.25, 0.3) is 0 Å². The fourth-order valence-corrected chi connectivity index (χ4v) is 6.27. The number of hydrogen-bond donors (Lipinski definition) is 0. The molecule has 0 amide bonds. The molecule has 9 aromatic rings. The Balaban J connectivity index is 1.34. The van der Waals surface area contributed by atoms with Gasteiger partial charge in [0.2, 0.25) is 0 Å². The van der Waals surface area contributed by atoms with Crippen LogP contribution >= 0.6 is 0 Å². The van der Waals surface area contributed by atoms with E-state index in [9.17, 15) is 0 Å². The smallest absolute Gasteiger partial charge is 0.145 e. The molecule has 0 aliphatic heterocycles. The van der Waals surface area contributed by atoms with Crippen LogP contribution in [-0.4, -0.2) is 18.8 Å². The highest BCUT2D eigenvalue weighted by Crippen LogP contribution is 2.37. The number of imidazole rings is 2. The fraction of sp³-hybridized carbons (Fsp3) is 0. The number of rotatable bonds is 2. The molecule has 4 heteroatoms. The van der Waals surface area contributed by atoms with E-state index in [1.54, 1.807) is 0 Å². The van der Waals surface area contributed by atoms with Gasteiger partial charge in [0.15, 0.2) is 0 Å². The Labute approximate surface area is 229 Å². The van der Waals surface area contributed by atoms with Crippen LogP contribution in [0.4, 0.5) is 0 Å². The molecule has 4 aromatic heterocycles. The van der Waals surface area contributed by atoms with Crippen molar-refractivity contribution in [2.45, 2.75) is 0 Å². The second-order valence-electron chi connectivity index (χ2n) is 10.3. The first-order chi connectivity index (χ1) is 19.8. The van der Waals surface area contributed by atoms with Crippen molar-refractivity contribution in [3.63, 3.8) is 0 Å². The summed E-state index contributed by atoms with van der Waals surface area (Å²) in [6.07, 6.45) is 4.49. The van der Waals surface area contributed by atoms with Crippen LogP contribution in [0.2, 0.25) is 0 Å². The molecule has 0 unspecified atom stereocenters. The lowest BCUT2D eigenvalue weighted by molar-refractivity contribution is 1.24. The third-order valence-electron chi connectivity index (χ3n) is 8.11. The molecule has 0 bridgehead atoms. The van der Waals surface area contributed by atoms with Crippen LogP contribution in [0.15, 0.2) is 134 Å². The molecule has 40 heavy (non-hydrogen) atoms. The number of benzene rings is 5. The normalized spacial score (nSPS) is 12.0. The van der Waals surface area contributed by atoms with E-state index in [-0.39, 0.29) is 0 Å². The van der Waals surface area contributed by atoms with Crippen molar-refractivity contribution in [2.75, 3.05) is 0 Å². The first-order valence-electron chi connectivity index (χ1n) is 13.5. The molecule has 4 nitrogen and oxygen atoms in total. The number of aromatic nitrogens is 4. The average molecular weight is 511 g/mol. The molecule has 0 fully saturated rings. The summed E-state index contributed by atoms with van der Waals surface area (Å²) in [6, 6.07) is 42.8. The van der Waals surface area contributed by atoms with E-state index in [4.69, 9.17) is 9.97 Å². The molecule has 0 N–H and O–H groups in total. The summed E-state index contributed by atoms with van der Waals surface area (Å²) in [5.74, 6) is 0. The van der Waals surface area contributed by atoms with Crippen LogP contribution in [0.25, 0.3) is 77.2 Å². The molecule has 0 saturated carbocycles. The summed E-state index contributed by atoms with van der Waals surface area (Å²) >= 11 is 0. The maximum absolute atomic E-state index is 4.98. The lowest BCUT2D eigenvalue weighted by Crippen LogP contribution is -1.93. The van der Waals surface area contributed by atoms with Crippen molar-refractivity contribution >= 4 is 54.9 Å². The highest BCUT2D eigenvalue weighted by Gasteiger charge is 2.16. The molecule has 0 radical (unpaired) electrons. The Morgan fingerprint density at radius 1 is 0.400 bits per heavy atom. The van der Waals surface area contributed by atoms with Gasteiger partial charge < -0.3 is 0 Å². The number of nitrogens with zero attached hydrogens (tertiary/aromatic N) is 4. The molecule has 9 rings (SSSR count). The minimum atomic E-state index is 0.986. The number of pyridine rings is 2. The topological polar surface area (TPSA) is 34.6 Å². The van der Waals surface area contributed by atoms with E-state index in [2.05, 4.69) is 130 Å². The molecular formula is C36H22N4. The summed E-state index contributed by atoms with van der Waals surface area (Å²) in [5.41, 5.74) is 10.9. The van der Waals surface area contributed by atoms with E-state index in [1.165, 1.54) is 33.0 Å². The lowest BCUT2D eigenvalue weighted by Gasteiger charge is -2.13. The predicted octanol–water partition coefficient (Wildman–Crippen LogP) is 8.93. The van der Waals surface area contributed by atoms with Crippen LogP contribution in [0, 0.1) is 0 Å². The summed E-state index contributed by atoms with van der Waals surface area (Å²) < 4.78 is 4.47. The van der Waals surface area contributed by atoms with Gasteiger partial charge in [0, 0.05) is 34.3 Å². The van der Waals surface area contributed by atoms with Crippen molar-refractivity contribution in [2.24, 2.45) is 0 Å². The zero-order valence-corrected chi connectivity index (χ0v) is 21.5. The third-order valence-corrected chi connectivity index (χ3v) is 8.11. The van der Waals surface area contributed by atoms with E-state index in [0.29, 0.717) is 0 Å². The molecular weight excluding hydrogens is 488 g/mol. The minimum absolute atomic E-state index is 0.986. The van der Waals surface area contributed by atoms with E-state index in [0.717, 1.165) is 44.1 Å². The zero-order valence-electron chi connectivity index (χ0n) is 21.5. The van der Waals surface area contributed by atoms with E-state index >= 15 is 0 Å². The second-order valence-corrected chi connectivity index (χ2v) is 10.3. The number of fused-ring (bicyclic) bond motifs is 10. The molecule has 0 spiro atoms. The highest BCUT2D eigenvalue weighted by molar-refractivity contribution is 6.08. The van der Waals surface area contributed by atoms with Crippen molar-refractivity contribution in [1.82, 2.24) is 18.8 Å². The molecule has 0 aliphatic rings. The van der Waals surface area contributed by atoms with Gasteiger partial charge in [-0.3, -0.25) is 8.80 Å². The van der Waals surface area contributed by atoms with Crippen molar-refractivity contribution in [1.29, 1.82) is 0 Å². The maximum atomic E-state index is 4.98. The molecule has 186 valence electrons. The van der Waals surface area contributed by atoms with Gasteiger partial charge in [-0.25, -0.2) is 9.97 Å². The zero-order chi connectivity index (χ0) is 26.2. The fourth-order valence-electron chi connectivity index (χ4n) is 6.27. The van der Waals surface area contributed by atoms with E-state index in [1.807, 2.05) is 12.1 Å². The first-order valence-corrected chi connectivity index (χ1v) is 13.5. The number of para-hydroxylation sites is 4. The van der Waals surface area contributed by atoms with Gasteiger partial charge in [-0.15, -0.1) is 0 Å². The van der Waals surface area contributed by atoms with Crippen LogP contribution in [0.1, 0.15) is 0 Å². The molecule has 0 saturated heterocycles. The summed E-state index contributed by atoms with van der Waals surface area (Å²) in [7, 11) is 0. The Bertz CT molecular complexity index is 2280. The molecule has 0 aliphatic carbocycles. The Hall–Kier alpha value is -5.48. The maximum Gasteiger partial charge on any atom is 0.145 e. The standard InChI is InChI=1S/C36H22N4/c1-3-14-27-25(12-1)29(21-39-33-18-7-5-16-31(33)37-35(27)39)23-10-9-11-24(20-23)30-22-40-34-19-8-6-17-32(34)38-36(40)28-15-4-2-13-26(28)30/h1-22H. The van der Waals surface area contributed by atoms with Gasteiger partial charge in [-0.2, -0.15) is 0 Å². The van der Waals surface area contributed by atoms with Gasteiger partial charge in [0.1, 0.15) is 11.3 Å². The van der Waals surface area contributed by atoms with Gasteiger partial charge in [0.05, 0.1) is 22.1 Å². The highest BCUT2D eigenvalue weighted by atomic mass is 15.0. The minimum Gasteiger partial charge on any atom is -0.298 e. The van der Waals surface area contributed by atoms with Gasteiger partial charge in [-0.1, -0.05) is 91.0 Å². The summed E-state index contributed by atoms with van der Waals surface area (Å²) in [4.78, 5) is 9.96. The van der Waals surface area contributed by atoms with Crippen molar-refractivity contribution in [3.05, 3.63) is 134 Å². The first kappa shape index (κ1) is 21.5. The third kappa shape index (κ3) is 2.96. The molecule has 0 atom stereocenters. The Morgan fingerprint density at radius 3 is 1.32 bits per heavy atom. The largest absolute Gasteiger partial charge is 0.298 e. The van der Waals surface area contributed by atoms with Crippen LogP contribution in [0.3, 0.4) is 0 Å². The average Bonchev–Trinajstić information content (AvgIpc) is 3.59. The second kappa shape index (κ2) is 8.01. The molecule has 5 aromatic carbocycles. The van der Waals surface area contributed by atoms with Gasteiger partial charge >= 0.3 is 0 Å². The van der Waals surface area contributed by atoms with E-state index < -0.39 is 0 Å². The summed E-state index contributed by atoms with van der Waals surface area (Å²) in [5, 5.41) is 4.70. The number of hydrogen-bond acceptors (Lipinski definition) is 2. The Kier molecular flexibility index (Phi) is 4.30. The summed E-state index contributed by atoms with van der Waals surface area (Å²) in [6.45, 7) is 0. The molecule has 4 heterocycles. The quantitative estimate of drug-likeness (QED) is 0.233. The van der Waals surface area contributed by atoms with Crippen LogP contribution < -0.4 is 0 Å². The SMILES string of the molecule is c1cc(-c2cn3c4ccccc4nc3c3ccccc23)cc(-c2cn3c4ccccc4nc3c3ccccc23)c1. The van der Waals surface area contributed by atoms with Crippen molar-refractivity contribution in [3.8, 4) is 22.3 Å². The van der Waals surface area contributed by atoms with Gasteiger partial charge in [-0.05, 0) is 52.2 Å². The lowest BCUT2D eigenvalue weighted by atomic mass is 9.95. The monoisotopic (exact) mass is 510 g/mol. The Morgan fingerprint density at radius 2 is 0.825 bits per heavy atom. The predicted molar refractivity (Wildman–Crippen MR) is 165 cm³/mol.